The summed E-state index contributed by atoms with van der Waals surface area (Å²) in [5, 5.41) is 3.48. The summed E-state index contributed by atoms with van der Waals surface area (Å²) >= 11 is 1.57. The highest BCUT2D eigenvalue weighted by Gasteiger charge is 2.14. The highest BCUT2D eigenvalue weighted by Crippen LogP contribution is 2.32. The molecule has 1 N–H and O–H groups in total. The fourth-order valence-corrected chi connectivity index (χ4v) is 3.53. The quantitative estimate of drug-likeness (QED) is 0.775. The minimum absolute atomic E-state index is 0.147. The summed E-state index contributed by atoms with van der Waals surface area (Å²) in [5.41, 5.74) is 3.73. The lowest BCUT2D eigenvalue weighted by Crippen LogP contribution is -2.29. The van der Waals surface area contributed by atoms with Crippen molar-refractivity contribution in [3.8, 4) is 0 Å². The summed E-state index contributed by atoms with van der Waals surface area (Å²) in [4.78, 5) is 18.6. The van der Waals surface area contributed by atoms with Crippen molar-refractivity contribution in [3.05, 3.63) is 53.3 Å². The van der Waals surface area contributed by atoms with Crippen molar-refractivity contribution >= 4 is 38.3 Å². The van der Waals surface area contributed by atoms with E-state index in [4.69, 9.17) is 0 Å². The Morgan fingerprint density at radius 2 is 2.00 bits per heavy atom. The number of thiazole rings is 1. The number of carbonyl (C=O) groups excluding carboxylic acids is 1. The van der Waals surface area contributed by atoms with Gasteiger partial charge < -0.3 is 10.2 Å². The molecule has 3 rings (SSSR count). The number of fused-ring (bicyclic) bond motifs is 1. The minimum Gasteiger partial charge on any atom is -0.342 e. The van der Waals surface area contributed by atoms with Crippen LogP contribution in [0.2, 0.25) is 0 Å². The van der Waals surface area contributed by atoms with Crippen LogP contribution in [-0.2, 0) is 4.79 Å². The highest BCUT2D eigenvalue weighted by molar-refractivity contribution is 7.22. The van der Waals surface area contributed by atoms with E-state index in [1.54, 1.807) is 28.4 Å². The molecule has 1 amide bonds. The first-order valence-corrected chi connectivity index (χ1v) is 8.39. The van der Waals surface area contributed by atoms with Crippen LogP contribution in [0.5, 0.6) is 0 Å². The Balaban J connectivity index is 1.75. The molecular weight excluding hydrogens is 325 g/mol. The monoisotopic (exact) mass is 343 g/mol. The molecule has 0 saturated heterocycles. The number of hydrogen-bond donors (Lipinski definition) is 1. The SMILES string of the molecule is Cc1ccc(C)c2sc(N(C)CC(=O)Nc3cccc(F)c3)nc12. The molecule has 0 atom stereocenters. The highest BCUT2D eigenvalue weighted by atomic mass is 32.1. The third-order valence-electron chi connectivity index (χ3n) is 3.75. The Hall–Kier alpha value is -2.47. The predicted molar refractivity (Wildman–Crippen MR) is 97.4 cm³/mol. The Morgan fingerprint density at radius 3 is 2.71 bits per heavy atom. The van der Waals surface area contributed by atoms with Gasteiger partial charge in [-0.15, -0.1) is 0 Å². The molecule has 3 aromatic rings. The number of anilines is 2. The van der Waals surface area contributed by atoms with Crippen molar-refractivity contribution < 1.29 is 9.18 Å². The Morgan fingerprint density at radius 1 is 1.25 bits per heavy atom. The van der Waals surface area contributed by atoms with Crippen molar-refractivity contribution in [2.75, 3.05) is 23.8 Å². The number of likely N-dealkylation sites (N-methyl/N-ethyl adjacent to an activating group) is 1. The minimum atomic E-state index is -0.377. The van der Waals surface area contributed by atoms with Crippen LogP contribution in [0.4, 0.5) is 15.2 Å². The zero-order chi connectivity index (χ0) is 17.3. The van der Waals surface area contributed by atoms with Crippen molar-refractivity contribution in [3.63, 3.8) is 0 Å². The molecule has 1 heterocycles. The van der Waals surface area contributed by atoms with Gasteiger partial charge in [-0.3, -0.25) is 4.79 Å². The van der Waals surface area contributed by atoms with E-state index >= 15 is 0 Å². The first kappa shape index (κ1) is 16.4. The number of carbonyl (C=O) groups is 1. The van der Waals surface area contributed by atoms with Crippen LogP contribution >= 0.6 is 11.3 Å². The van der Waals surface area contributed by atoms with Gasteiger partial charge >= 0.3 is 0 Å². The van der Waals surface area contributed by atoms with E-state index in [9.17, 15) is 9.18 Å². The third-order valence-corrected chi connectivity index (χ3v) is 5.05. The molecule has 0 fully saturated rings. The summed E-state index contributed by atoms with van der Waals surface area (Å²) in [6.07, 6.45) is 0. The molecule has 24 heavy (non-hydrogen) atoms. The first-order valence-electron chi connectivity index (χ1n) is 7.57. The van der Waals surface area contributed by atoms with Gasteiger partial charge in [0.1, 0.15) is 5.82 Å². The summed E-state index contributed by atoms with van der Waals surface area (Å²) in [5.74, 6) is -0.589. The third kappa shape index (κ3) is 3.38. The second kappa shape index (κ2) is 6.57. The molecule has 0 aliphatic heterocycles. The summed E-state index contributed by atoms with van der Waals surface area (Å²) in [6.45, 7) is 4.23. The smallest absolute Gasteiger partial charge is 0.243 e. The number of benzene rings is 2. The maximum absolute atomic E-state index is 13.2. The van der Waals surface area contributed by atoms with Gasteiger partial charge in [-0.25, -0.2) is 9.37 Å². The summed E-state index contributed by atoms with van der Waals surface area (Å²) < 4.78 is 14.3. The van der Waals surface area contributed by atoms with Gasteiger partial charge in [0.05, 0.1) is 16.8 Å². The van der Waals surface area contributed by atoms with Crippen molar-refractivity contribution in [2.45, 2.75) is 13.8 Å². The Bertz CT molecular complexity index is 867. The molecule has 0 saturated carbocycles. The number of rotatable bonds is 4. The predicted octanol–water partition coefficient (Wildman–Crippen LogP) is 4.13. The molecule has 124 valence electrons. The van der Waals surface area contributed by atoms with Gasteiger partial charge in [-0.2, -0.15) is 0 Å². The Labute approximate surface area is 143 Å². The lowest BCUT2D eigenvalue weighted by Gasteiger charge is -2.15. The molecule has 0 bridgehead atoms. The molecule has 6 heteroatoms. The lowest BCUT2D eigenvalue weighted by molar-refractivity contribution is -0.114. The molecule has 1 aromatic heterocycles. The van der Waals surface area contributed by atoms with Crippen LogP contribution in [0.25, 0.3) is 10.2 Å². The van der Waals surface area contributed by atoms with Gasteiger partial charge in [0.25, 0.3) is 0 Å². The van der Waals surface area contributed by atoms with Crippen LogP contribution in [0.3, 0.4) is 0 Å². The van der Waals surface area contributed by atoms with Gasteiger partial charge in [-0.1, -0.05) is 29.5 Å². The second-order valence-corrected chi connectivity index (χ2v) is 6.77. The average Bonchev–Trinajstić information content (AvgIpc) is 2.97. The van der Waals surface area contributed by atoms with Crippen molar-refractivity contribution in [1.82, 2.24) is 4.98 Å². The zero-order valence-electron chi connectivity index (χ0n) is 13.8. The van der Waals surface area contributed by atoms with Crippen LogP contribution in [0.15, 0.2) is 36.4 Å². The number of aryl methyl sites for hydroxylation is 2. The Kier molecular flexibility index (Phi) is 4.49. The number of hydrogen-bond acceptors (Lipinski definition) is 4. The molecule has 0 spiro atoms. The van der Waals surface area contributed by atoms with Crippen molar-refractivity contribution in [2.24, 2.45) is 0 Å². The average molecular weight is 343 g/mol. The topological polar surface area (TPSA) is 45.2 Å². The molecule has 0 radical (unpaired) electrons. The molecule has 0 aliphatic rings. The molecule has 4 nitrogen and oxygen atoms in total. The van der Waals surface area contributed by atoms with E-state index in [1.807, 2.05) is 14.0 Å². The van der Waals surface area contributed by atoms with Crippen LogP contribution in [0, 0.1) is 19.7 Å². The second-order valence-electron chi connectivity index (χ2n) is 5.79. The lowest BCUT2D eigenvalue weighted by atomic mass is 10.1. The number of aromatic nitrogens is 1. The normalized spacial score (nSPS) is 10.8. The van der Waals surface area contributed by atoms with E-state index in [0.29, 0.717) is 5.69 Å². The van der Waals surface area contributed by atoms with E-state index in [1.165, 1.54) is 17.7 Å². The van der Waals surface area contributed by atoms with E-state index in [-0.39, 0.29) is 18.3 Å². The van der Waals surface area contributed by atoms with E-state index in [0.717, 1.165) is 20.9 Å². The zero-order valence-corrected chi connectivity index (χ0v) is 14.6. The molecule has 0 unspecified atom stereocenters. The van der Waals surface area contributed by atoms with Crippen LogP contribution in [0.1, 0.15) is 11.1 Å². The maximum atomic E-state index is 13.2. The van der Waals surface area contributed by atoms with Crippen LogP contribution in [-0.4, -0.2) is 24.5 Å². The van der Waals surface area contributed by atoms with Gasteiger partial charge in [-0.05, 0) is 43.2 Å². The molecule has 2 aromatic carbocycles. The maximum Gasteiger partial charge on any atom is 0.243 e. The van der Waals surface area contributed by atoms with Gasteiger partial charge in [0.2, 0.25) is 5.91 Å². The largest absolute Gasteiger partial charge is 0.342 e. The molecule has 0 aliphatic carbocycles. The van der Waals surface area contributed by atoms with E-state index < -0.39 is 0 Å². The summed E-state index contributed by atoms with van der Waals surface area (Å²) in [7, 11) is 1.83. The van der Waals surface area contributed by atoms with E-state index in [2.05, 4.69) is 29.4 Å². The first-order chi connectivity index (χ1) is 11.4. The fourth-order valence-electron chi connectivity index (χ4n) is 2.46. The number of halogens is 1. The fraction of sp³-hybridized carbons (Fsp3) is 0.222. The number of nitrogens with zero attached hydrogens (tertiary/aromatic N) is 2. The standard InChI is InChI=1S/C18H18FN3OS/c1-11-7-8-12(2)17-16(11)21-18(24-17)22(3)10-15(23)20-14-6-4-5-13(19)9-14/h4-9H,10H2,1-3H3,(H,20,23). The molecular formula is C18H18FN3OS. The van der Waals surface area contributed by atoms with Crippen LogP contribution < -0.4 is 10.2 Å². The van der Waals surface area contributed by atoms with Gasteiger partial charge in [0.15, 0.2) is 5.13 Å². The summed E-state index contributed by atoms with van der Waals surface area (Å²) in [6, 6.07) is 9.99. The van der Waals surface area contributed by atoms with Crippen molar-refractivity contribution in [1.29, 1.82) is 0 Å². The number of amides is 1. The number of nitrogens with one attached hydrogen (secondary N) is 1. The van der Waals surface area contributed by atoms with Gasteiger partial charge in [0, 0.05) is 12.7 Å².